The van der Waals surface area contributed by atoms with Crippen LogP contribution in [0.25, 0.3) is 0 Å². The first-order chi connectivity index (χ1) is 11.6. The summed E-state index contributed by atoms with van der Waals surface area (Å²) in [4.78, 5) is 29.8. The van der Waals surface area contributed by atoms with Gasteiger partial charge >= 0.3 is 11.7 Å². The predicted molar refractivity (Wildman–Crippen MR) is 85.1 cm³/mol. The van der Waals surface area contributed by atoms with Gasteiger partial charge in [-0.05, 0) is 24.3 Å². The monoisotopic (exact) mass is 321 g/mol. The van der Waals surface area contributed by atoms with E-state index in [4.69, 9.17) is 4.74 Å². The van der Waals surface area contributed by atoms with Gasteiger partial charge in [0.15, 0.2) is 5.78 Å². The average molecular weight is 321 g/mol. The SMILES string of the molecule is O=C(c1ccccc1)c1ccc(Oc2ncc([N+](=O)[O-])cn2)cc1. The smallest absolute Gasteiger partial charge is 0.322 e. The molecule has 0 N–H and O–H groups in total. The van der Waals surface area contributed by atoms with E-state index in [9.17, 15) is 14.9 Å². The van der Waals surface area contributed by atoms with E-state index in [0.29, 0.717) is 16.9 Å². The van der Waals surface area contributed by atoms with Crippen LogP contribution in [0.3, 0.4) is 0 Å². The van der Waals surface area contributed by atoms with E-state index >= 15 is 0 Å². The van der Waals surface area contributed by atoms with Crippen molar-refractivity contribution < 1.29 is 14.5 Å². The van der Waals surface area contributed by atoms with Gasteiger partial charge in [-0.2, -0.15) is 9.97 Å². The summed E-state index contributed by atoms with van der Waals surface area (Å²) in [7, 11) is 0. The summed E-state index contributed by atoms with van der Waals surface area (Å²) >= 11 is 0. The van der Waals surface area contributed by atoms with Crippen molar-refractivity contribution in [1.29, 1.82) is 0 Å². The Balaban J connectivity index is 1.72. The second kappa shape index (κ2) is 6.66. The van der Waals surface area contributed by atoms with Crippen LogP contribution in [0.5, 0.6) is 11.8 Å². The van der Waals surface area contributed by atoms with Gasteiger partial charge in [-0.3, -0.25) is 14.9 Å². The zero-order valence-corrected chi connectivity index (χ0v) is 12.3. The Hall–Kier alpha value is -3.61. The van der Waals surface area contributed by atoms with Crippen LogP contribution >= 0.6 is 0 Å². The van der Waals surface area contributed by atoms with Crippen LogP contribution in [0.4, 0.5) is 5.69 Å². The number of nitrogens with zero attached hydrogens (tertiary/aromatic N) is 3. The summed E-state index contributed by atoms with van der Waals surface area (Å²) in [6.07, 6.45) is 2.13. The Bertz CT molecular complexity index is 863. The first-order valence-corrected chi connectivity index (χ1v) is 6.97. The van der Waals surface area contributed by atoms with Gasteiger partial charge in [-0.25, -0.2) is 0 Å². The molecule has 0 aliphatic carbocycles. The lowest BCUT2D eigenvalue weighted by atomic mass is 10.0. The molecule has 7 heteroatoms. The van der Waals surface area contributed by atoms with Gasteiger partial charge < -0.3 is 4.74 Å². The van der Waals surface area contributed by atoms with Crippen molar-refractivity contribution in [3.63, 3.8) is 0 Å². The quantitative estimate of drug-likeness (QED) is 0.406. The van der Waals surface area contributed by atoms with Crippen molar-refractivity contribution in [3.8, 4) is 11.8 Å². The fraction of sp³-hybridized carbons (Fsp3) is 0. The van der Waals surface area contributed by atoms with E-state index < -0.39 is 4.92 Å². The Morgan fingerprint density at radius 2 is 1.50 bits per heavy atom. The highest BCUT2D eigenvalue weighted by molar-refractivity contribution is 6.08. The molecule has 0 aliphatic heterocycles. The van der Waals surface area contributed by atoms with Gasteiger partial charge in [0.2, 0.25) is 0 Å². The summed E-state index contributed by atoms with van der Waals surface area (Å²) in [5.41, 5.74) is 0.911. The molecule has 1 aromatic heterocycles. The highest BCUT2D eigenvalue weighted by Crippen LogP contribution is 2.20. The third kappa shape index (κ3) is 3.41. The largest absolute Gasteiger partial charge is 0.424 e. The summed E-state index contributed by atoms with van der Waals surface area (Å²) in [5, 5.41) is 10.5. The van der Waals surface area contributed by atoms with E-state index in [0.717, 1.165) is 12.4 Å². The third-order valence-corrected chi connectivity index (χ3v) is 3.19. The van der Waals surface area contributed by atoms with Crippen LogP contribution in [0.15, 0.2) is 67.0 Å². The molecule has 0 atom stereocenters. The number of carbonyl (C=O) groups excluding carboxylic acids is 1. The lowest BCUT2D eigenvalue weighted by molar-refractivity contribution is -0.385. The minimum atomic E-state index is -0.590. The summed E-state index contributed by atoms with van der Waals surface area (Å²) in [6.45, 7) is 0. The molecule has 3 rings (SSSR count). The van der Waals surface area contributed by atoms with Crippen LogP contribution in [0, 0.1) is 10.1 Å². The molecule has 7 nitrogen and oxygen atoms in total. The Morgan fingerprint density at radius 3 is 2.08 bits per heavy atom. The normalized spacial score (nSPS) is 10.2. The number of ketones is 1. The van der Waals surface area contributed by atoms with Crippen molar-refractivity contribution in [3.05, 3.63) is 88.2 Å². The second-order valence-corrected chi connectivity index (χ2v) is 4.80. The van der Waals surface area contributed by atoms with Gasteiger partial charge in [0.05, 0.1) is 4.92 Å². The molecular weight excluding hydrogens is 310 g/mol. The number of aromatic nitrogens is 2. The molecule has 0 fully saturated rings. The highest BCUT2D eigenvalue weighted by atomic mass is 16.6. The van der Waals surface area contributed by atoms with Gasteiger partial charge in [0, 0.05) is 11.1 Å². The van der Waals surface area contributed by atoms with Crippen LogP contribution in [-0.4, -0.2) is 20.7 Å². The molecular formula is C17H11N3O4. The second-order valence-electron chi connectivity index (χ2n) is 4.80. The number of nitro groups is 1. The standard InChI is InChI=1S/C17H11N3O4/c21-16(12-4-2-1-3-5-12)13-6-8-15(9-7-13)24-17-18-10-14(11-19-17)20(22)23/h1-11H. The molecule has 0 amide bonds. The lowest BCUT2D eigenvalue weighted by Gasteiger charge is -2.05. The first-order valence-electron chi connectivity index (χ1n) is 6.97. The van der Waals surface area contributed by atoms with Crippen LogP contribution in [0.2, 0.25) is 0 Å². The Labute approximate surface area is 136 Å². The lowest BCUT2D eigenvalue weighted by Crippen LogP contribution is -2.00. The molecule has 0 aliphatic rings. The first kappa shape index (κ1) is 15.3. The van der Waals surface area contributed by atoms with Gasteiger partial charge in [0.1, 0.15) is 18.1 Å². The van der Waals surface area contributed by atoms with E-state index in [1.165, 1.54) is 0 Å². The molecule has 0 saturated carbocycles. The zero-order chi connectivity index (χ0) is 16.9. The predicted octanol–water partition coefficient (Wildman–Crippen LogP) is 3.41. The molecule has 118 valence electrons. The maximum atomic E-state index is 12.3. The molecule has 0 radical (unpaired) electrons. The van der Waals surface area contributed by atoms with E-state index in [2.05, 4.69) is 9.97 Å². The summed E-state index contributed by atoms with van der Waals surface area (Å²) in [5.74, 6) is 0.335. The van der Waals surface area contributed by atoms with Crippen LogP contribution in [-0.2, 0) is 0 Å². The zero-order valence-electron chi connectivity index (χ0n) is 12.3. The van der Waals surface area contributed by atoms with Crippen molar-refractivity contribution >= 4 is 11.5 Å². The molecule has 0 spiro atoms. The summed E-state index contributed by atoms with van der Waals surface area (Å²) < 4.78 is 5.40. The number of hydrogen-bond acceptors (Lipinski definition) is 6. The van der Waals surface area contributed by atoms with E-state index in [-0.39, 0.29) is 17.5 Å². The molecule has 24 heavy (non-hydrogen) atoms. The van der Waals surface area contributed by atoms with Crippen molar-refractivity contribution in [2.45, 2.75) is 0 Å². The molecule has 1 heterocycles. The van der Waals surface area contributed by atoms with Crippen molar-refractivity contribution in [2.75, 3.05) is 0 Å². The van der Waals surface area contributed by atoms with Crippen molar-refractivity contribution in [2.24, 2.45) is 0 Å². The minimum Gasteiger partial charge on any atom is -0.424 e. The Morgan fingerprint density at radius 1 is 0.917 bits per heavy atom. The number of rotatable bonds is 5. The molecule has 0 bridgehead atoms. The number of hydrogen-bond donors (Lipinski definition) is 0. The molecule has 0 unspecified atom stereocenters. The van der Waals surface area contributed by atoms with E-state index in [1.54, 1.807) is 48.5 Å². The number of carbonyl (C=O) groups is 1. The van der Waals surface area contributed by atoms with Gasteiger partial charge in [-0.15, -0.1) is 0 Å². The average Bonchev–Trinajstić information content (AvgIpc) is 2.63. The van der Waals surface area contributed by atoms with Crippen LogP contribution in [0.1, 0.15) is 15.9 Å². The van der Waals surface area contributed by atoms with Gasteiger partial charge in [-0.1, -0.05) is 30.3 Å². The number of ether oxygens (including phenoxy) is 1. The van der Waals surface area contributed by atoms with Crippen molar-refractivity contribution in [1.82, 2.24) is 9.97 Å². The maximum Gasteiger partial charge on any atom is 0.322 e. The molecule has 2 aromatic carbocycles. The van der Waals surface area contributed by atoms with Crippen LogP contribution < -0.4 is 4.74 Å². The molecule has 0 saturated heterocycles. The summed E-state index contributed by atoms with van der Waals surface area (Å²) in [6, 6.07) is 15.4. The number of benzene rings is 2. The topological polar surface area (TPSA) is 95.2 Å². The van der Waals surface area contributed by atoms with E-state index in [1.807, 2.05) is 6.07 Å². The third-order valence-electron chi connectivity index (χ3n) is 3.19. The van der Waals surface area contributed by atoms with Gasteiger partial charge in [0.25, 0.3) is 0 Å². The fourth-order valence-corrected chi connectivity index (χ4v) is 1.99. The minimum absolute atomic E-state index is 0.0114. The highest BCUT2D eigenvalue weighted by Gasteiger charge is 2.10. The Kier molecular flexibility index (Phi) is 4.24. The molecule has 3 aromatic rings. The maximum absolute atomic E-state index is 12.3. The fourth-order valence-electron chi connectivity index (χ4n) is 1.99.